The smallest absolute Gasteiger partial charge is 0.354 e. The van der Waals surface area contributed by atoms with Gasteiger partial charge in [-0.25, -0.2) is 4.79 Å². The van der Waals surface area contributed by atoms with Crippen LogP contribution < -0.4 is 10.3 Å². The van der Waals surface area contributed by atoms with E-state index >= 15 is 0 Å². The quantitative estimate of drug-likeness (QED) is 0.346. The monoisotopic (exact) mass is 369 g/mol. The van der Waals surface area contributed by atoms with Crippen LogP contribution in [0.2, 0.25) is 0 Å². The summed E-state index contributed by atoms with van der Waals surface area (Å²) >= 11 is 0. The number of esters is 1. The molecule has 9 nitrogen and oxygen atoms in total. The van der Waals surface area contributed by atoms with Crippen LogP contribution in [0.3, 0.4) is 0 Å². The maximum Gasteiger partial charge on any atom is 0.354 e. The lowest BCUT2D eigenvalue weighted by atomic mass is 10.1. The highest BCUT2D eigenvalue weighted by Crippen LogP contribution is 2.35. The third-order valence-corrected chi connectivity index (χ3v) is 4.54. The molecule has 0 unspecified atom stereocenters. The Balaban J connectivity index is 2.44. The molecule has 1 aromatic carbocycles. The molecular formula is C15H19N3O6S. The van der Waals surface area contributed by atoms with Crippen molar-refractivity contribution in [1.29, 1.82) is 0 Å². The Morgan fingerprint density at radius 1 is 1.36 bits per heavy atom. The number of nitrogens with zero attached hydrogens (tertiary/aromatic N) is 2. The molecule has 136 valence electrons. The van der Waals surface area contributed by atoms with Gasteiger partial charge in [-0.2, -0.15) is 13.5 Å². The number of carbonyl (C=O) groups excluding carboxylic acids is 2. The van der Waals surface area contributed by atoms with Gasteiger partial charge in [0.25, 0.3) is 10.1 Å². The van der Waals surface area contributed by atoms with E-state index in [9.17, 15) is 22.6 Å². The Kier molecular flexibility index (Phi) is 5.43. The van der Waals surface area contributed by atoms with Crippen molar-refractivity contribution < 1.29 is 27.3 Å². The van der Waals surface area contributed by atoms with Gasteiger partial charge in [0.2, 0.25) is 5.91 Å². The van der Waals surface area contributed by atoms with Crippen LogP contribution in [0.5, 0.6) is 0 Å². The minimum absolute atomic E-state index is 0.00556. The first-order chi connectivity index (χ1) is 11.6. The van der Waals surface area contributed by atoms with Gasteiger partial charge in [0.15, 0.2) is 0 Å². The first kappa shape index (κ1) is 18.9. The van der Waals surface area contributed by atoms with Crippen LogP contribution in [0, 0.1) is 0 Å². The number of carbonyl (C=O) groups is 2. The van der Waals surface area contributed by atoms with Crippen LogP contribution >= 0.6 is 0 Å². The number of anilines is 2. The lowest BCUT2D eigenvalue weighted by molar-refractivity contribution is -0.135. The number of benzene rings is 1. The molecule has 0 aliphatic carbocycles. The largest absolute Gasteiger partial charge is 0.461 e. The van der Waals surface area contributed by atoms with Crippen molar-refractivity contribution in [3.05, 3.63) is 17.7 Å². The zero-order valence-corrected chi connectivity index (χ0v) is 14.9. The number of fused-ring (bicyclic) bond motifs is 1. The fourth-order valence-corrected chi connectivity index (χ4v) is 3.11. The second-order valence-corrected chi connectivity index (χ2v) is 6.79. The average Bonchev–Trinajstić information content (AvgIpc) is 2.94. The van der Waals surface area contributed by atoms with Gasteiger partial charge >= 0.3 is 5.97 Å². The van der Waals surface area contributed by atoms with Gasteiger partial charge in [-0.1, -0.05) is 0 Å². The average molecular weight is 369 g/mol. The summed E-state index contributed by atoms with van der Waals surface area (Å²) in [5, 5.41) is 3.80. The van der Waals surface area contributed by atoms with E-state index in [4.69, 9.17) is 4.74 Å². The van der Waals surface area contributed by atoms with Crippen molar-refractivity contribution in [2.45, 2.75) is 32.1 Å². The zero-order chi connectivity index (χ0) is 18.8. The van der Waals surface area contributed by atoms with Gasteiger partial charge in [0, 0.05) is 19.2 Å². The number of nitrogens with one attached hydrogen (secondary N) is 1. The molecule has 1 aliphatic heterocycles. The van der Waals surface area contributed by atoms with E-state index in [1.54, 1.807) is 6.92 Å². The number of ether oxygens (including phenoxy) is 1. The van der Waals surface area contributed by atoms with E-state index in [2.05, 4.69) is 10.5 Å². The van der Waals surface area contributed by atoms with E-state index in [0.717, 1.165) is 5.56 Å². The fourth-order valence-electron chi connectivity index (χ4n) is 2.47. The summed E-state index contributed by atoms with van der Waals surface area (Å²) < 4.78 is 37.6. The first-order valence-electron chi connectivity index (χ1n) is 7.55. The Morgan fingerprint density at radius 2 is 2.04 bits per heavy atom. The predicted octanol–water partition coefficient (Wildman–Crippen LogP) is 1.19. The van der Waals surface area contributed by atoms with Crippen LogP contribution in [-0.2, 0) is 30.9 Å². The predicted molar refractivity (Wildman–Crippen MR) is 91.4 cm³/mol. The van der Waals surface area contributed by atoms with Crippen molar-refractivity contribution in [3.8, 4) is 0 Å². The summed E-state index contributed by atoms with van der Waals surface area (Å²) in [6.07, 6.45) is 0.538. The molecular weight excluding hydrogens is 350 g/mol. The van der Waals surface area contributed by atoms with E-state index in [0.29, 0.717) is 18.7 Å². The molecule has 1 amide bonds. The number of hydrogen-bond donors (Lipinski definition) is 2. The Labute approximate surface area is 145 Å². The van der Waals surface area contributed by atoms with Gasteiger partial charge in [0.05, 0.1) is 12.3 Å². The van der Waals surface area contributed by atoms with Gasteiger partial charge in [-0.05, 0) is 38.0 Å². The minimum Gasteiger partial charge on any atom is -0.461 e. The summed E-state index contributed by atoms with van der Waals surface area (Å²) in [4.78, 5) is 24.2. The van der Waals surface area contributed by atoms with Crippen molar-refractivity contribution in [1.82, 2.24) is 0 Å². The topological polar surface area (TPSA) is 125 Å². The molecule has 1 heterocycles. The number of hydrazone groups is 1. The van der Waals surface area contributed by atoms with Crippen molar-refractivity contribution in [2.75, 3.05) is 23.5 Å². The van der Waals surface area contributed by atoms with E-state index in [1.165, 1.54) is 30.9 Å². The summed E-state index contributed by atoms with van der Waals surface area (Å²) in [6, 6.07) is 2.71. The lowest BCUT2D eigenvalue weighted by Crippen LogP contribution is -2.26. The summed E-state index contributed by atoms with van der Waals surface area (Å²) in [5.74, 6) is -0.871. The molecule has 0 radical (unpaired) electrons. The normalized spacial score (nSPS) is 14.2. The molecule has 1 aromatic rings. The highest BCUT2D eigenvalue weighted by molar-refractivity contribution is 7.86. The van der Waals surface area contributed by atoms with Crippen LogP contribution in [0.25, 0.3) is 0 Å². The minimum atomic E-state index is -4.57. The Morgan fingerprint density at radius 3 is 2.60 bits per heavy atom. The SMILES string of the molecule is CCOC(=O)/C(C)=N\Nc1cc2c(cc1S(=O)(=O)O)N(C(C)=O)CC2. The maximum absolute atomic E-state index is 11.7. The standard InChI is InChI=1S/C15H19N3O6S/c1-4-24-15(20)9(2)16-17-12-7-11-5-6-18(10(3)19)13(11)8-14(12)25(21,22)23/h7-8,17H,4-6H2,1-3H3,(H,21,22,23)/b16-9-. The summed E-state index contributed by atoms with van der Waals surface area (Å²) in [5.41, 5.74) is 3.64. The van der Waals surface area contributed by atoms with Crippen molar-refractivity contribution in [2.24, 2.45) is 5.10 Å². The molecule has 0 saturated carbocycles. The molecule has 1 aliphatic rings. The van der Waals surface area contributed by atoms with Gasteiger partial charge in [-0.15, -0.1) is 0 Å². The Bertz CT molecular complexity index is 847. The van der Waals surface area contributed by atoms with Gasteiger partial charge in [0.1, 0.15) is 10.6 Å². The Hall–Kier alpha value is -2.46. The van der Waals surface area contributed by atoms with E-state index in [1.807, 2.05) is 0 Å². The van der Waals surface area contributed by atoms with E-state index in [-0.39, 0.29) is 23.9 Å². The molecule has 0 saturated heterocycles. The van der Waals surface area contributed by atoms with Crippen LogP contribution in [-0.4, -0.2) is 43.7 Å². The van der Waals surface area contributed by atoms with Gasteiger partial charge in [-0.3, -0.25) is 14.8 Å². The fraction of sp³-hybridized carbons (Fsp3) is 0.400. The lowest BCUT2D eigenvalue weighted by Gasteiger charge is -2.16. The molecule has 2 N–H and O–H groups in total. The molecule has 0 aromatic heterocycles. The van der Waals surface area contributed by atoms with Crippen molar-refractivity contribution in [3.63, 3.8) is 0 Å². The molecule has 0 bridgehead atoms. The number of rotatable bonds is 5. The second-order valence-electron chi connectivity index (χ2n) is 5.40. The highest BCUT2D eigenvalue weighted by Gasteiger charge is 2.27. The third-order valence-electron chi connectivity index (χ3n) is 3.65. The molecule has 0 spiro atoms. The first-order valence-corrected chi connectivity index (χ1v) is 8.99. The maximum atomic E-state index is 11.7. The summed E-state index contributed by atoms with van der Waals surface area (Å²) in [7, 11) is -4.57. The molecule has 0 fully saturated rings. The van der Waals surface area contributed by atoms with Crippen LogP contribution in [0.15, 0.2) is 22.1 Å². The summed E-state index contributed by atoms with van der Waals surface area (Å²) in [6.45, 7) is 5.03. The highest BCUT2D eigenvalue weighted by atomic mass is 32.2. The van der Waals surface area contributed by atoms with Crippen molar-refractivity contribution >= 4 is 39.1 Å². The van der Waals surface area contributed by atoms with Gasteiger partial charge < -0.3 is 9.64 Å². The molecule has 25 heavy (non-hydrogen) atoms. The third kappa shape index (κ3) is 4.15. The molecule has 0 atom stereocenters. The zero-order valence-electron chi connectivity index (χ0n) is 14.1. The number of amides is 1. The second kappa shape index (κ2) is 7.19. The molecule has 10 heteroatoms. The number of hydrogen-bond acceptors (Lipinski definition) is 7. The molecule has 2 rings (SSSR count). The van der Waals surface area contributed by atoms with Crippen LogP contribution in [0.1, 0.15) is 26.3 Å². The van der Waals surface area contributed by atoms with E-state index < -0.39 is 21.0 Å². The van der Waals surface area contributed by atoms with Crippen LogP contribution in [0.4, 0.5) is 11.4 Å².